The van der Waals surface area contributed by atoms with Crippen LogP contribution in [-0.2, 0) is 6.61 Å². The predicted molar refractivity (Wildman–Crippen MR) is 59.0 cm³/mol. The lowest BCUT2D eigenvalue weighted by Gasteiger charge is -1.98. The Kier molecular flexibility index (Phi) is 4.08. The third-order valence-electron chi connectivity index (χ3n) is 1.85. The van der Waals surface area contributed by atoms with E-state index in [1.807, 2.05) is 44.2 Å². The van der Waals surface area contributed by atoms with E-state index in [4.69, 9.17) is 5.11 Å². The van der Waals surface area contributed by atoms with E-state index in [1.165, 1.54) is 0 Å². The molecule has 0 amide bonds. The summed E-state index contributed by atoms with van der Waals surface area (Å²) in [4.78, 5) is 4.17. The van der Waals surface area contributed by atoms with Crippen LogP contribution in [0.1, 0.15) is 19.4 Å². The molecule has 0 saturated carbocycles. The molecule has 74 valence electrons. The molecule has 2 heteroatoms. The zero-order chi connectivity index (χ0) is 10.4. The number of aromatic nitrogens is 1. The summed E-state index contributed by atoms with van der Waals surface area (Å²) in [5.74, 6) is 0. The van der Waals surface area contributed by atoms with Gasteiger partial charge in [0.2, 0.25) is 0 Å². The van der Waals surface area contributed by atoms with Crippen LogP contribution in [0.15, 0.2) is 36.5 Å². The van der Waals surface area contributed by atoms with Gasteiger partial charge in [-0.25, -0.2) is 0 Å². The summed E-state index contributed by atoms with van der Waals surface area (Å²) in [6.07, 6.45) is 1.76. The minimum atomic E-state index is 0.0881. The predicted octanol–water partition coefficient (Wildman–Crippen LogP) is 2.75. The molecule has 0 aliphatic carbocycles. The summed E-state index contributed by atoms with van der Waals surface area (Å²) < 4.78 is 0. The number of hydrogen-bond acceptors (Lipinski definition) is 2. The van der Waals surface area contributed by atoms with Crippen molar-refractivity contribution in [1.29, 1.82) is 0 Å². The van der Waals surface area contributed by atoms with E-state index in [1.54, 1.807) is 6.20 Å². The van der Waals surface area contributed by atoms with E-state index < -0.39 is 0 Å². The molecule has 0 atom stereocenters. The summed E-state index contributed by atoms with van der Waals surface area (Å²) in [5, 5.41) is 9.95. The van der Waals surface area contributed by atoms with Crippen molar-refractivity contribution in [1.82, 2.24) is 4.98 Å². The summed E-state index contributed by atoms with van der Waals surface area (Å²) in [5.41, 5.74) is 1.89. The van der Waals surface area contributed by atoms with E-state index in [2.05, 4.69) is 4.98 Å². The van der Waals surface area contributed by atoms with Gasteiger partial charge in [-0.3, -0.25) is 4.98 Å². The number of aliphatic hydroxyl groups is 1. The SMILES string of the molecule is CC.OCc1ccc2ncccc2c1. The Labute approximate surface area is 84.2 Å². The first-order valence-electron chi connectivity index (χ1n) is 4.84. The van der Waals surface area contributed by atoms with Crippen LogP contribution in [0.25, 0.3) is 10.9 Å². The van der Waals surface area contributed by atoms with Crippen molar-refractivity contribution in [2.45, 2.75) is 20.5 Å². The van der Waals surface area contributed by atoms with Crippen molar-refractivity contribution in [3.05, 3.63) is 42.1 Å². The summed E-state index contributed by atoms with van der Waals surface area (Å²) in [6, 6.07) is 9.63. The van der Waals surface area contributed by atoms with Crippen molar-refractivity contribution in [3.63, 3.8) is 0 Å². The van der Waals surface area contributed by atoms with Crippen molar-refractivity contribution in [2.75, 3.05) is 0 Å². The Morgan fingerprint density at radius 3 is 2.71 bits per heavy atom. The second kappa shape index (κ2) is 5.35. The zero-order valence-corrected chi connectivity index (χ0v) is 8.57. The third-order valence-corrected chi connectivity index (χ3v) is 1.85. The monoisotopic (exact) mass is 189 g/mol. The van der Waals surface area contributed by atoms with Gasteiger partial charge in [-0.15, -0.1) is 0 Å². The van der Waals surface area contributed by atoms with Crippen LogP contribution in [0, 0.1) is 0 Å². The minimum Gasteiger partial charge on any atom is -0.392 e. The van der Waals surface area contributed by atoms with Crippen LogP contribution in [0.3, 0.4) is 0 Å². The van der Waals surface area contributed by atoms with E-state index in [9.17, 15) is 0 Å². The second-order valence-electron chi connectivity index (χ2n) is 2.69. The Hall–Kier alpha value is -1.41. The van der Waals surface area contributed by atoms with Crippen LogP contribution in [-0.4, -0.2) is 10.1 Å². The first kappa shape index (κ1) is 10.7. The molecule has 0 unspecified atom stereocenters. The highest BCUT2D eigenvalue weighted by Crippen LogP contribution is 2.12. The van der Waals surface area contributed by atoms with E-state index in [-0.39, 0.29) is 6.61 Å². The quantitative estimate of drug-likeness (QED) is 0.748. The Bertz CT molecular complexity index is 398. The Balaban J connectivity index is 0.000000461. The third kappa shape index (κ3) is 2.30. The fraction of sp³-hybridized carbons (Fsp3) is 0.250. The number of fused-ring (bicyclic) bond motifs is 1. The van der Waals surface area contributed by atoms with Crippen molar-refractivity contribution < 1.29 is 5.11 Å². The van der Waals surface area contributed by atoms with Gasteiger partial charge in [0.1, 0.15) is 0 Å². The highest BCUT2D eigenvalue weighted by Gasteiger charge is 1.94. The van der Waals surface area contributed by atoms with Crippen LogP contribution in [0.2, 0.25) is 0 Å². The van der Waals surface area contributed by atoms with Gasteiger partial charge in [0, 0.05) is 11.6 Å². The largest absolute Gasteiger partial charge is 0.392 e. The maximum atomic E-state index is 8.88. The normalized spacial score (nSPS) is 9.36. The van der Waals surface area contributed by atoms with Crippen molar-refractivity contribution in [2.24, 2.45) is 0 Å². The van der Waals surface area contributed by atoms with Crippen molar-refractivity contribution >= 4 is 10.9 Å². The number of hydrogen-bond donors (Lipinski definition) is 1. The smallest absolute Gasteiger partial charge is 0.0702 e. The molecule has 0 spiro atoms. The van der Waals surface area contributed by atoms with Gasteiger partial charge in [-0.2, -0.15) is 0 Å². The summed E-state index contributed by atoms with van der Waals surface area (Å²) >= 11 is 0. The van der Waals surface area contributed by atoms with Crippen LogP contribution < -0.4 is 0 Å². The van der Waals surface area contributed by atoms with Crippen LogP contribution in [0.5, 0.6) is 0 Å². The van der Waals surface area contributed by atoms with E-state index in [0.717, 1.165) is 16.5 Å². The second-order valence-corrected chi connectivity index (χ2v) is 2.69. The average molecular weight is 189 g/mol. The molecule has 2 aromatic rings. The molecule has 0 saturated heterocycles. The maximum Gasteiger partial charge on any atom is 0.0702 e. The molecule has 2 nitrogen and oxygen atoms in total. The molecule has 0 aliphatic rings. The first-order chi connectivity index (χ1) is 6.90. The maximum absolute atomic E-state index is 8.88. The number of rotatable bonds is 1. The molecule has 2 rings (SSSR count). The molecule has 1 heterocycles. The van der Waals surface area contributed by atoms with Gasteiger partial charge >= 0.3 is 0 Å². The van der Waals surface area contributed by atoms with E-state index >= 15 is 0 Å². The van der Waals surface area contributed by atoms with Gasteiger partial charge in [0.25, 0.3) is 0 Å². The average Bonchev–Trinajstić information content (AvgIpc) is 2.31. The molecule has 0 aliphatic heterocycles. The molecule has 1 aromatic heterocycles. The Morgan fingerprint density at radius 1 is 1.21 bits per heavy atom. The first-order valence-corrected chi connectivity index (χ1v) is 4.84. The Morgan fingerprint density at radius 2 is 2.00 bits per heavy atom. The number of aliphatic hydroxyl groups excluding tert-OH is 1. The van der Waals surface area contributed by atoms with Gasteiger partial charge in [0.15, 0.2) is 0 Å². The molecular formula is C12H15NO. The van der Waals surface area contributed by atoms with Gasteiger partial charge in [-0.05, 0) is 23.8 Å². The van der Waals surface area contributed by atoms with Crippen LogP contribution >= 0.6 is 0 Å². The molecular weight excluding hydrogens is 174 g/mol. The molecule has 0 bridgehead atoms. The highest BCUT2D eigenvalue weighted by atomic mass is 16.3. The van der Waals surface area contributed by atoms with Gasteiger partial charge in [0.05, 0.1) is 12.1 Å². The molecule has 14 heavy (non-hydrogen) atoms. The molecule has 1 N–H and O–H groups in total. The molecule has 1 aromatic carbocycles. The number of benzene rings is 1. The lowest BCUT2D eigenvalue weighted by atomic mass is 10.1. The van der Waals surface area contributed by atoms with Crippen LogP contribution in [0.4, 0.5) is 0 Å². The zero-order valence-electron chi connectivity index (χ0n) is 8.57. The number of pyridine rings is 1. The molecule has 0 radical (unpaired) electrons. The summed E-state index contributed by atoms with van der Waals surface area (Å²) in [6.45, 7) is 4.09. The number of nitrogens with zero attached hydrogens (tertiary/aromatic N) is 1. The minimum absolute atomic E-state index is 0.0881. The standard InChI is InChI=1S/C10H9NO.C2H6/c12-7-8-3-4-10-9(6-8)2-1-5-11-10;1-2/h1-6,12H,7H2;1-2H3. The molecule has 0 fully saturated rings. The summed E-state index contributed by atoms with van der Waals surface area (Å²) in [7, 11) is 0. The van der Waals surface area contributed by atoms with Gasteiger partial charge in [-0.1, -0.05) is 26.0 Å². The lowest BCUT2D eigenvalue weighted by molar-refractivity contribution is 0.282. The fourth-order valence-corrected chi connectivity index (χ4v) is 1.22. The fourth-order valence-electron chi connectivity index (χ4n) is 1.22. The topological polar surface area (TPSA) is 33.1 Å². The van der Waals surface area contributed by atoms with E-state index in [0.29, 0.717) is 0 Å². The van der Waals surface area contributed by atoms with Gasteiger partial charge < -0.3 is 5.11 Å². The van der Waals surface area contributed by atoms with Crippen molar-refractivity contribution in [3.8, 4) is 0 Å². The highest BCUT2D eigenvalue weighted by molar-refractivity contribution is 5.78. The lowest BCUT2D eigenvalue weighted by Crippen LogP contribution is -1.83.